The van der Waals surface area contributed by atoms with Crippen LogP contribution in [0, 0.1) is 10.8 Å². The van der Waals surface area contributed by atoms with Crippen molar-refractivity contribution >= 4 is 35.2 Å². The van der Waals surface area contributed by atoms with E-state index in [-0.39, 0.29) is 11.9 Å². The number of amides is 1. The first kappa shape index (κ1) is 17.7. The molecular formula is C18H22N2O4S. The third-order valence-corrected chi connectivity index (χ3v) is 4.72. The van der Waals surface area contributed by atoms with Gasteiger partial charge < -0.3 is 19.0 Å². The van der Waals surface area contributed by atoms with Crippen LogP contribution in [0.1, 0.15) is 43.0 Å². The number of nitrogens with one attached hydrogen (secondary N) is 1. The summed E-state index contributed by atoms with van der Waals surface area (Å²) in [5.74, 6) is 0.164. The van der Waals surface area contributed by atoms with Gasteiger partial charge in [0.15, 0.2) is 5.58 Å². The van der Waals surface area contributed by atoms with E-state index in [1.54, 1.807) is 19.1 Å². The van der Waals surface area contributed by atoms with Crippen molar-refractivity contribution in [2.75, 3.05) is 19.7 Å². The van der Waals surface area contributed by atoms with E-state index in [0.29, 0.717) is 41.5 Å². The zero-order valence-corrected chi connectivity index (χ0v) is 15.1. The van der Waals surface area contributed by atoms with Crippen molar-refractivity contribution in [3.8, 4) is 0 Å². The quantitative estimate of drug-likeness (QED) is 0.648. The molecule has 0 aliphatic carbocycles. The van der Waals surface area contributed by atoms with Crippen LogP contribution in [-0.2, 0) is 9.53 Å². The molecule has 1 atom stereocenters. The third-order valence-electron chi connectivity index (χ3n) is 4.54. The molecule has 1 N–H and O–H groups in total. The molecule has 25 heavy (non-hydrogen) atoms. The SMILES string of the molecule is CCOC(=O)CC[C@@H]1CCCN(C(=O)c2ccc3[nH]c(=S)oc3c2)C1. The second kappa shape index (κ2) is 7.82. The highest BCUT2D eigenvalue weighted by atomic mass is 32.1. The van der Waals surface area contributed by atoms with Gasteiger partial charge in [-0.3, -0.25) is 9.59 Å². The molecule has 1 aliphatic heterocycles. The second-order valence-electron chi connectivity index (χ2n) is 6.33. The number of carbonyl (C=O) groups is 2. The number of esters is 1. The van der Waals surface area contributed by atoms with Crippen LogP contribution in [0.15, 0.2) is 22.6 Å². The van der Waals surface area contributed by atoms with Crippen LogP contribution >= 0.6 is 12.2 Å². The van der Waals surface area contributed by atoms with Gasteiger partial charge in [-0.15, -0.1) is 0 Å². The number of ether oxygens (including phenoxy) is 1. The van der Waals surface area contributed by atoms with Gasteiger partial charge in [-0.25, -0.2) is 0 Å². The highest BCUT2D eigenvalue weighted by molar-refractivity contribution is 7.71. The number of aromatic amines is 1. The van der Waals surface area contributed by atoms with Gasteiger partial charge in [-0.05, 0) is 62.5 Å². The number of fused-ring (bicyclic) bond motifs is 1. The number of piperidine rings is 1. The number of rotatable bonds is 5. The summed E-state index contributed by atoms with van der Waals surface area (Å²) < 4.78 is 10.4. The van der Waals surface area contributed by atoms with E-state index in [1.165, 1.54) is 0 Å². The van der Waals surface area contributed by atoms with Crippen LogP contribution in [0.5, 0.6) is 0 Å². The lowest BCUT2D eigenvalue weighted by atomic mass is 9.93. The van der Waals surface area contributed by atoms with Crippen molar-refractivity contribution < 1.29 is 18.7 Å². The summed E-state index contributed by atoms with van der Waals surface area (Å²) in [5.41, 5.74) is 1.97. The van der Waals surface area contributed by atoms with Crippen molar-refractivity contribution in [3.63, 3.8) is 0 Å². The Morgan fingerprint density at radius 1 is 1.44 bits per heavy atom. The number of carbonyl (C=O) groups excluding carboxylic acids is 2. The Morgan fingerprint density at radius 2 is 2.28 bits per heavy atom. The Kier molecular flexibility index (Phi) is 5.53. The first-order valence-electron chi connectivity index (χ1n) is 8.64. The fourth-order valence-corrected chi connectivity index (χ4v) is 3.50. The zero-order valence-electron chi connectivity index (χ0n) is 14.2. The van der Waals surface area contributed by atoms with E-state index >= 15 is 0 Å². The third kappa shape index (κ3) is 4.28. The number of likely N-dealkylation sites (tertiary alicyclic amines) is 1. The Balaban J connectivity index is 1.64. The molecule has 1 fully saturated rings. The van der Waals surface area contributed by atoms with Crippen molar-refractivity contribution in [1.29, 1.82) is 0 Å². The Morgan fingerprint density at radius 3 is 3.08 bits per heavy atom. The highest BCUT2D eigenvalue weighted by Crippen LogP contribution is 2.24. The lowest BCUT2D eigenvalue weighted by molar-refractivity contribution is -0.143. The summed E-state index contributed by atoms with van der Waals surface area (Å²) in [6, 6.07) is 5.32. The van der Waals surface area contributed by atoms with E-state index in [4.69, 9.17) is 21.4 Å². The first-order chi connectivity index (χ1) is 12.1. The number of nitrogens with zero attached hydrogens (tertiary/aromatic N) is 1. The summed E-state index contributed by atoms with van der Waals surface area (Å²) in [6.07, 6.45) is 3.16. The van der Waals surface area contributed by atoms with E-state index in [0.717, 1.165) is 31.3 Å². The van der Waals surface area contributed by atoms with Gasteiger partial charge >= 0.3 is 5.97 Å². The van der Waals surface area contributed by atoms with E-state index in [1.807, 2.05) is 11.0 Å². The smallest absolute Gasteiger partial charge is 0.305 e. The van der Waals surface area contributed by atoms with Gasteiger partial charge in [0.1, 0.15) is 0 Å². The van der Waals surface area contributed by atoms with Crippen LogP contribution in [0.25, 0.3) is 11.1 Å². The van der Waals surface area contributed by atoms with Crippen molar-refractivity contribution in [1.82, 2.24) is 9.88 Å². The minimum atomic E-state index is -0.162. The van der Waals surface area contributed by atoms with E-state index in [9.17, 15) is 9.59 Å². The monoisotopic (exact) mass is 362 g/mol. The number of aromatic nitrogens is 1. The molecule has 1 amide bonds. The van der Waals surface area contributed by atoms with Gasteiger partial charge in [-0.1, -0.05) is 0 Å². The van der Waals surface area contributed by atoms with Crippen molar-refractivity contribution in [2.24, 2.45) is 5.92 Å². The highest BCUT2D eigenvalue weighted by Gasteiger charge is 2.25. The molecule has 3 rings (SSSR count). The predicted octanol–water partition coefficient (Wildman–Crippen LogP) is 3.69. The fourth-order valence-electron chi connectivity index (χ4n) is 3.30. The van der Waals surface area contributed by atoms with Crippen LogP contribution in [0.3, 0.4) is 0 Å². The Hall–Kier alpha value is -2.15. The number of benzene rings is 1. The maximum absolute atomic E-state index is 12.8. The molecule has 1 saturated heterocycles. The molecule has 1 aliphatic rings. The van der Waals surface area contributed by atoms with E-state index in [2.05, 4.69) is 4.98 Å². The maximum atomic E-state index is 12.8. The molecular weight excluding hydrogens is 340 g/mol. The molecule has 1 aromatic heterocycles. The summed E-state index contributed by atoms with van der Waals surface area (Å²) in [6.45, 7) is 3.63. The predicted molar refractivity (Wildman–Crippen MR) is 95.9 cm³/mol. The van der Waals surface area contributed by atoms with Gasteiger partial charge in [-0.2, -0.15) is 0 Å². The molecule has 7 heteroatoms. The number of oxazole rings is 1. The van der Waals surface area contributed by atoms with Crippen LogP contribution in [0.2, 0.25) is 0 Å². The van der Waals surface area contributed by atoms with Gasteiger partial charge in [0, 0.05) is 25.1 Å². The molecule has 0 spiro atoms. The zero-order chi connectivity index (χ0) is 17.8. The normalized spacial score (nSPS) is 17.6. The van der Waals surface area contributed by atoms with Crippen molar-refractivity contribution in [3.05, 3.63) is 28.6 Å². The molecule has 2 heterocycles. The number of H-pyrrole nitrogens is 1. The standard InChI is InChI=1S/C18H22N2O4S/c1-2-23-16(21)8-5-12-4-3-9-20(11-12)17(22)13-6-7-14-15(10-13)24-18(25)19-14/h6-7,10,12H,2-5,8-9,11H2,1H3,(H,19,25)/t12-/m0/s1. The number of hydrogen-bond acceptors (Lipinski definition) is 5. The average molecular weight is 362 g/mol. The number of hydrogen-bond donors (Lipinski definition) is 1. The van der Waals surface area contributed by atoms with Gasteiger partial charge in [0.25, 0.3) is 10.7 Å². The summed E-state index contributed by atoms with van der Waals surface area (Å²) in [4.78, 5) is 29.4. The van der Waals surface area contributed by atoms with E-state index < -0.39 is 0 Å². The van der Waals surface area contributed by atoms with Gasteiger partial charge in [0.2, 0.25) is 0 Å². The molecule has 2 aromatic rings. The van der Waals surface area contributed by atoms with Crippen LogP contribution in [-0.4, -0.2) is 41.5 Å². The van der Waals surface area contributed by atoms with Crippen molar-refractivity contribution in [2.45, 2.75) is 32.6 Å². The van der Waals surface area contributed by atoms with Crippen LogP contribution < -0.4 is 0 Å². The topological polar surface area (TPSA) is 75.5 Å². The summed E-state index contributed by atoms with van der Waals surface area (Å²) >= 11 is 4.98. The minimum Gasteiger partial charge on any atom is -0.466 e. The molecule has 0 saturated carbocycles. The van der Waals surface area contributed by atoms with Gasteiger partial charge in [0.05, 0.1) is 12.1 Å². The first-order valence-corrected chi connectivity index (χ1v) is 9.05. The summed E-state index contributed by atoms with van der Waals surface area (Å²) in [7, 11) is 0. The lowest BCUT2D eigenvalue weighted by Gasteiger charge is -2.32. The minimum absolute atomic E-state index is 0.00921. The van der Waals surface area contributed by atoms with Crippen LogP contribution in [0.4, 0.5) is 0 Å². The fraction of sp³-hybridized carbons (Fsp3) is 0.500. The molecule has 6 nitrogen and oxygen atoms in total. The molecule has 1 aromatic carbocycles. The molecule has 0 bridgehead atoms. The molecule has 0 unspecified atom stereocenters. The second-order valence-corrected chi connectivity index (χ2v) is 6.70. The maximum Gasteiger partial charge on any atom is 0.305 e. The Labute approximate surface area is 151 Å². The lowest BCUT2D eigenvalue weighted by Crippen LogP contribution is -2.40. The molecule has 134 valence electrons. The summed E-state index contributed by atoms with van der Waals surface area (Å²) in [5, 5.41) is 0. The largest absolute Gasteiger partial charge is 0.466 e. The average Bonchev–Trinajstić information content (AvgIpc) is 2.99. The Bertz CT molecular complexity index is 826. The molecule has 0 radical (unpaired) electrons.